The number of halogens is 2. The Morgan fingerprint density at radius 1 is 1.21 bits per heavy atom. The molecule has 0 spiro atoms. The number of benzene rings is 2. The van der Waals surface area contributed by atoms with Crippen LogP contribution in [0.1, 0.15) is 0 Å². The molecular formula is C17H16BrFN2O3. The van der Waals surface area contributed by atoms with Crippen LogP contribution >= 0.6 is 15.9 Å². The zero-order valence-corrected chi connectivity index (χ0v) is 14.5. The van der Waals surface area contributed by atoms with Crippen molar-refractivity contribution in [3.63, 3.8) is 0 Å². The van der Waals surface area contributed by atoms with Gasteiger partial charge in [0.1, 0.15) is 11.6 Å². The van der Waals surface area contributed by atoms with Crippen molar-refractivity contribution in [3.8, 4) is 5.75 Å². The van der Waals surface area contributed by atoms with Gasteiger partial charge in [-0.1, -0.05) is 18.2 Å². The largest absolute Gasteiger partial charge is 0.484 e. The Hall–Kier alpha value is -2.41. The Kier molecular flexibility index (Phi) is 6.31. The first-order chi connectivity index (χ1) is 11.5. The molecule has 0 fully saturated rings. The molecule has 0 saturated carbocycles. The first kappa shape index (κ1) is 17.9. The molecule has 1 N–H and O–H groups in total. The van der Waals surface area contributed by atoms with E-state index in [1.54, 1.807) is 24.3 Å². The fraction of sp³-hybridized carbons (Fsp3) is 0.176. The number of carbonyl (C=O) groups is 2. The first-order valence-electron chi connectivity index (χ1n) is 7.12. The summed E-state index contributed by atoms with van der Waals surface area (Å²) in [4.78, 5) is 25.2. The number of nitrogens with one attached hydrogen (secondary N) is 1. The van der Waals surface area contributed by atoms with Crippen LogP contribution in [0.2, 0.25) is 0 Å². The molecule has 2 aromatic rings. The SMILES string of the molecule is CN(CC(=O)Nc1ccccc1Br)C(=O)COc1cccc(F)c1. The van der Waals surface area contributed by atoms with E-state index in [1.807, 2.05) is 6.07 Å². The smallest absolute Gasteiger partial charge is 0.260 e. The van der Waals surface area contributed by atoms with Gasteiger partial charge in [-0.15, -0.1) is 0 Å². The molecule has 0 bridgehead atoms. The van der Waals surface area contributed by atoms with Crippen LogP contribution in [0.25, 0.3) is 0 Å². The molecule has 0 aliphatic rings. The Bertz CT molecular complexity index is 739. The highest BCUT2D eigenvalue weighted by Gasteiger charge is 2.14. The molecule has 2 amide bonds. The highest BCUT2D eigenvalue weighted by Crippen LogP contribution is 2.21. The maximum atomic E-state index is 13.0. The van der Waals surface area contributed by atoms with Gasteiger partial charge in [0.25, 0.3) is 5.91 Å². The molecule has 0 saturated heterocycles. The molecular weight excluding hydrogens is 379 g/mol. The average molecular weight is 395 g/mol. The van der Waals surface area contributed by atoms with Crippen molar-refractivity contribution in [1.29, 1.82) is 0 Å². The lowest BCUT2D eigenvalue weighted by Crippen LogP contribution is -2.37. The van der Waals surface area contributed by atoms with Crippen molar-refractivity contribution in [2.75, 3.05) is 25.5 Å². The van der Waals surface area contributed by atoms with Crippen molar-refractivity contribution in [2.45, 2.75) is 0 Å². The molecule has 2 aromatic carbocycles. The minimum atomic E-state index is -0.443. The lowest BCUT2D eigenvalue weighted by atomic mass is 10.3. The van der Waals surface area contributed by atoms with Gasteiger partial charge in [-0.25, -0.2) is 4.39 Å². The number of ether oxygens (including phenoxy) is 1. The van der Waals surface area contributed by atoms with Crippen LogP contribution in [0.3, 0.4) is 0 Å². The molecule has 5 nitrogen and oxygen atoms in total. The van der Waals surface area contributed by atoms with Crippen LogP contribution < -0.4 is 10.1 Å². The van der Waals surface area contributed by atoms with E-state index in [0.717, 1.165) is 4.47 Å². The monoisotopic (exact) mass is 394 g/mol. The number of likely N-dealkylation sites (N-methyl/N-ethyl adjacent to an activating group) is 1. The number of para-hydroxylation sites is 1. The third-order valence-electron chi connectivity index (χ3n) is 3.11. The minimum Gasteiger partial charge on any atom is -0.484 e. The van der Waals surface area contributed by atoms with E-state index in [0.29, 0.717) is 5.69 Å². The van der Waals surface area contributed by atoms with Crippen molar-refractivity contribution >= 4 is 33.4 Å². The molecule has 0 unspecified atom stereocenters. The second-order valence-electron chi connectivity index (χ2n) is 5.02. The van der Waals surface area contributed by atoms with E-state index in [-0.39, 0.29) is 30.7 Å². The van der Waals surface area contributed by atoms with Crippen LogP contribution in [0.4, 0.5) is 10.1 Å². The van der Waals surface area contributed by atoms with Gasteiger partial charge in [0, 0.05) is 17.6 Å². The fourth-order valence-corrected chi connectivity index (χ4v) is 2.25. The second-order valence-corrected chi connectivity index (χ2v) is 5.88. The summed E-state index contributed by atoms with van der Waals surface area (Å²) in [5.41, 5.74) is 0.624. The zero-order chi connectivity index (χ0) is 17.5. The molecule has 0 heterocycles. The van der Waals surface area contributed by atoms with Crippen molar-refractivity contribution in [3.05, 3.63) is 58.8 Å². The standard InChI is InChI=1S/C17H16BrFN2O3/c1-21(10-16(22)20-15-8-3-2-7-14(15)18)17(23)11-24-13-6-4-5-12(19)9-13/h2-9H,10-11H2,1H3,(H,20,22). The Morgan fingerprint density at radius 3 is 2.67 bits per heavy atom. The second kappa shape index (κ2) is 8.44. The van der Waals surface area contributed by atoms with Gasteiger partial charge in [-0.05, 0) is 40.2 Å². The summed E-state index contributed by atoms with van der Waals surface area (Å²) < 4.78 is 19.0. The molecule has 2 rings (SSSR count). The Morgan fingerprint density at radius 2 is 1.96 bits per heavy atom. The third kappa shape index (κ3) is 5.34. The number of amides is 2. The molecule has 24 heavy (non-hydrogen) atoms. The average Bonchev–Trinajstić information content (AvgIpc) is 2.54. The van der Waals surface area contributed by atoms with Crippen LogP contribution in [-0.2, 0) is 9.59 Å². The molecule has 0 aliphatic carbocycles. The summed E-state index contributed by atoms with van der Waals surface area (Å²) in [7, 11) is 1.50. The van der Waals surface area contributed by atoms with E-state index < -0.39 is 5.82 Å². The van der Waals surface area contributed by atoms with E-state index in [4.69, 9.17) is 4.74 Å². The lowest BCUT2D eigenvalue weighted by Gasteiger charge is -2.17. The minimum absolute atomic E-state index is 0.118. The Balaban J connectivity index is 1.82. The molecule has 126 valence electrons. The fourth-order valence-electron chi connectivity index (χ4n) is 1.87. The predicted octanol–water partition coefficient (Wildman–Crippen LogP) is 3.06. The summed E-state index contributed by atoms with van der Waals surface area (Å²) in [6.45, 7) is -0.394. The maximum Gasteiger partial charge on any atom is 0.260 e. The summed E-state index contributed by atoms with van der Waals surface area (Å²) in [6.07, 6.45) is 0. The number of carbonyl (C=O) groups excluding carboxylic acids is 2. The molecule has 0 radical (unpaired) electrons. The number of hydrogen-bond acceptors (Lipinski definition) is 3. The Labute approximate surface area is 147 Å². The quantitative estimate of drug-likeness (QED) is 0.818. The van der Waals surface area contributed by atoms with E-state index in [2.05, 4.69) is 21.2 Å². The van der Waals surface area contributed by atoms with E-state index in [1.165, 1.54) is 30.1 Å². The maximum absolute atomic E-state index is 13.0. The van der Waals surface area contributed by atoms with Gasteiger partial charge >= 0.3 is 0 Å². The van der Waals surface area contributed by atoms with E-state index >= 15 is 0 Å². The van der Waals surface area contributed by atoms with Crippen LogP contribution in [-0.4, -0.2) is 36.9 Å². The summed E-state index contributed by atoms with van der Waals surface area (Å²) in [5, 5.41) is 2.71. The van der Waals surface area contributed by atoms with Crippen molar-refractivity contribution in [2.24, 2.45) is 0 Å². The molecule has 0 aromatic heterocycles. The van der Waals surface area contributed by atoms with Gasteiger partial charge in [-0.3, -0.25) is 9.59 Å². The highest BCUT2D eigenvalue weighted by molar-refractivity contribution is 9.10. The molecule has 7 heteroatoms. The highest BCUT2D eigenvalue weighted by atomic mass is 79.9. The number of anilines is 1. The van der Waals surface area contributed by atoms with Crippen molar-refractivity contribution in [1.82, 2.24) is 4.90 Å². The molecule has 0 atom stereocenters. The molecule has 0 aliphatic heterocycles. The predicted molar refractivity (Wildman–Crippen MR) is 92.3 cm³/mol. The van der Waals surface area contributed by atoms with Gasteiger partial charge in [0.2, 0.25) is 5.91 Å². The van der Waals surface area contributed by atoms with Gasteiger partial charge in [0.05, 0.1) is 12.2 Å². The zero-order valence-electron chi connectivity index (χ0n) is 13.0. The van der Waals surface area contributed by atoms with Crippen LogP contribution in [0.5, 0.6) is 5.75 Å². The first-order valence-corrected chi connectivity index (χ1v) is 7.91. The van der Waals surface area contributed by atoms with Gasteiger partial charge in [-0.2, -0.15) is 0 Å². The lowest BCUT2D eigenvalue weighted by molar-refractivity contribution is -0.135. The van der Waals surface area contributed by atoms with Crippen LogP contribution in [0.15, 0.2) is 53.0 Å². The van der Waals surface area contributed by atoms with Crippen LogP contribution in [0, 0.1) is 5.82 Å². The number of hydrogen-bond donors (Lipinski definition) is 1. The number of nitrogens with zero attached hydrogens (tertiary/aromatic N) is 1. The van der Waals surface area contributed by atoms with E-state index in [9.17, 15) is 14.0 Å². The van der Waals surface area contributed by atoms with Crippen molar-refractivity contribution < 1.29 is 18.7 Å². The summed E-state index contributed by atoms with van der Waals surface area (Å²) >= 11 is 3.33. The normalized spacial score (nSPS) is 10.1. The summed E-state index contributed by atoms with van der Waals surface area (Å²) in [6, 6.07) is 12.7. The van der Waals surface area contributed by atoms with Gasteiger partial charge in [0.15, 0.2) is 6.61 Å². The van der Waals surface area contributed by atoms with Gasteiger partial charge < -0.3 is 15.0 Å². The third-order valence-corrected chi connectivity index (χ3v) is 3.80. The number of rotatable bonds is 6. The topological polar surface area (TPSA) is 58.6 Å². The summed E-state index contributed by atoms with van der Waals surface area (Å²) in [5.74, 6) is -0.902.